The van der Waals surface area contributed by atoms with Crippen LogP contribution in [0.1, 0.15) is 56.8 Å². The van der Waals surface area contributed by atoms with Crippen LogP contribution in [0.2, 0.25) is 0 Å². The lowest BCUT2D eigenvalue weighted by Gasteiger charge is -2.25. The molecule has 0 aromatic heterocycles. The van der Waals surface area contributed by atoms with Gasteiger partial charge in [-0.1, -0.05) is 0 Å². The van der Waals surface area contributed by atoms with Crippen LogP contribution in [-0.4, -0.2) is 36.5 Å². The number of methoxy groups -OCH3 is 1. The number of hydrogen-bond donors (Lipinski definition) is 2. The number of phenolic OH excluding ortho intramolecular Hbond substituents is 1. The van der Waals surface area contributed by atoms with E-state index in [2.05, 4.69) is 5.32 Å². The summed E-state index contributed by atoms with van der Waals surface area (Å²) >= 11 is 0. The van der Waals surface area contributed by atoms with Crippen LogP contribution in [0.5, 0.6) is 11.5 Å². The Morgan fingerprint density at radius 1 is 1.12 bits per heavy atom. The molecule has 0 unspecified atom stereocenters. The Balaban J connectivity index is 2.58. The number of hydrogen-bond acceptors (Lipinski definition) is 6. The Morgan fingerprint density at radius 3 is 2.33 bits per heavy atom. The van der Waals surface area contributed by atoms with Gasteiger partial charge in [0, 0.05) is 17.2 Å². The van der Waals surface area contributed by atoms with Crippen molar-refractivity contribution in [1.29, 1.82) is 0 Å². The molecule has 2 aromatic carbocycles. The minimum absolute atomic E-state index is 0.0362. The number of esters is 1. The quantitative estimate of drug-likeness (QED) is 0.541. The smallest absolute Gasteiger partial charge is 0.408 e. The molecule has 0 fully saturated rings. The molecule has 0 radical (unpaired) electrons. The first-order chi connectivity index (χ1) is 15.4. The molecule has 0 aliphatic carbocycles. The van der Waals surface area contributed by atoms with Gasteiger partial charge in [0.2, 0.25) is 0 Å². The zero-order valence-corrected chi connectivity index (χ0v) is 20.2. The SMILES string of the molecule is CCOC(=O)C[C@H](NC(=O)OC(C)(C)C)c1cc(-c2c(C)cc(OC)cc2O)cc(C)c1F. The van der Waals surface area contributed by atoms with Crippen molar-refractivity contribution >= 4 is 12.1 Å². The molecule has 2 aromatic rings. The topological polar surface area (TPSA) is 94.1 Å². The Hall–Kier alpha value is -3.29. The second-order valence-corrected chi connectivity index (χ2v) is 8.74. The van der Waals surface area contributed by atoms with E-state index < -0.39 is 29.5 Å². The van der Waals surface area contributed by atoms with E-state index in [4.69, 9.17) is 14.2 Å². The standard InChI is InChI=1S/C25H32FNO6/c1-8-32-21(29)13-19(27-24(30)33-25(4,5)6)18-11-16(9-15(3)23(18)26)22-14(2)10-17(31-7)12-20(22)28/h9-12,19,28H,8,13H2,1-7H3,(H,27,30)/t19-/m0/s1. The van der Waals surface area contributed by atoms with Gasteiger partial charge in [-0.05, 0) is 76.4 Å². The van der Waals surface area contributed by atoms with Gasteiger partial charge >= 0.3 is 12.1 Å². The van der Waals surface area contributed by atoms with E-state index in [1.54, 1.807) is 53.7 Å². The van der Waals surface area contributed by atoms with Gasteiger partial charge < -0.3 is 24.6 Å². The molecule has 0 saturated heterocycles. The number of benzene rings is 2. The first kappa shape index (κ1) is 26.0. The van der Waals surface area contributed by atoms with E-state index in [9.17, 15) is 14.7 Å². The predicted molar refractivity (Wildman–Crippen MR) is 123 cm³/mol. The molecule has 1 amide bonds. The van der Waals surface area contributed by atoms with E-state index in [0.717, 1.165) is 0 Å². The van der Waals surface area contributed by atoms with E-state index in [1.165, 1.54) is 19.2 Å². The first-order valence-corrected chi connectivity index (χ1v) is 10.7. The lowest BCUT2D eigenvalue weighted by atomic mass is 9.92. The third-order valence-electron chi connectivity index (χ3n) is 4.84. The second-order valence-electron chi connectivity index (χ2n) is 8.74. The lowest BCUT2D eigenvalue weighted by Crippen LogP contribution is -2.36. The minimum Gasteiger partial charge on any atom is -0.507 e. The normalized spacial score (nSPS) is 12.1. The van der Waals surface area contributed by atoms with E-state index >= 15 is 4.39 Å². The van der Waals surface area contributed by atoms with Crippen LogP contribution in [0.3, 0.4) is 0 Å². The van der Waals surface area contributed by atoms with Crippen LogP contribution in [0.4, 0.5) is 9.18 Å². The second kappa shape index (κ2) is 10.6. The largest absolute Gasteiger partial charge is 0.507 e. The number of carbonyl (C=O) groups is 2. The predicted octanol–water partition coefficient (Wildman–Crippen LogP) is 5.34. The monoisotopic (exact) mass is 461 g/mol. The fourth-order valence-electron chi connectivity index (χ4n) is 3.50. The van der Waals surface area contributed by atoms with Crippen molar-refractivity contribution in [3.63, 3.8) is 0 Å². The highest BCUT2D eigenvalue weighted by atomic mass is 19.1. The number of amides is 1. The van der Waals surface area contributed by atoms with Gasteiger partial charge in [0.15, 0.2) is 0 Å². The number of carbonyl (C=O) groups excluding carboxylic acids is 2. The maximum Gasteiger partial charge on any atom is 0.408 e. The van der Waals surface area contributed by atoms with Crippen LogP contribution in [-0.2, 0) is 14.3 Å². The van der Waals surface area contributed by atoms with Crippen molar-refractivity contribution in [2.75, 3.05) is 13.7 Å². The summed E-state index contributed by atoms with van der Waals surface area (Å²) in [5, 5.41) is 13.2. The molecule has 2 rings (SSSR count). The molecule has 0 heterocycles. The summed E-state index contributed by atoms with van der Waals surface area (Å²) in [6.07, 6.45) is -1.08. The van der Waals surface area contributed by atoms with Crippen LogP contribution in [0, 0.1) is 19.7 Å². The van der Waals surface area contributed by atoms with Gasteiger partial charge in [-0.15, -0.1) is 0 Å². The number of ether oxygens (including phenoxy) is 3. The number of rotatable bonds is 7. The summed E-state index contributed by atoms with van der Waals surface area (Å²) < 4.78 is 30.8. The lowest BCUT2D eigenvalue weighted by molar-refractivity contribution is -0.143. The molecule has 0 aliphatic rings. The number of halogens is 1. The van der Waals surface area contributed by atoms with Crippen molar-refractivity contribution in [3.8, 4) is 22.6 Å². The molecule has 0 aliphatic heterocycles. The Labute approximate surface area is 193 Å². The van der Waals surface area contributed by atoms with Gasteiger partial charge in [0.25, 0.3) is 0 Å². The van der Waals surface area contributed by atoms with Crippen molar-refractivity contribution < 1.29 is 33.3 Å². The molecule has 0 bridgehead atoms. The number of aromatic hydroxyl groups is 1. The van der Waals surface area contributed by atoms with Gasteiger partial charge in [0.05, 0.1) is 26.2 Å². The zero-order valence-electron chi connectivity index (χ0n) is 20.2. The first-order valence-electron chi connectivity index (χ1n) is 10.7. The Kier molecular flexibility index (Phi) is 8.30. The fraction of sp³-hybridized carbons (Fsp3) is 0.440. The molecule has 180 valence electrons. The number of phenols is 1. The molecular weight excluding hydrogens is 429 g/mol. The molecule has 8 heteroatoms. The highest BCUT2D eigenvalue weighted by Crippen LogP contribution is 2.38. The van der Waals surface area contributed by atoms with Crippen LogP contribution in [0.25, 0.3) is 11.1 Å². The summed E-state index contributed by atoms with van der Waals surface area (Å²) in [6.45, 7) is 10.3. The van der Waals surface area contributed by atoms with Crippen LogP contribution < -0.4 is 10.1 Å². The van der Waals surface area contributed by atoms with Gasteiger partial charge in [-0.25, -0.2) is 9.18 Å². The summed E-state index contributed by atoms with van der Waals surface area (Å²) in [5.41, 5.74) is 1.33. The summed E-state index contributed by atoms with van der Waals surface area (Å²) in [4.78, 5) is 24.7. The minimum atomic E-state index is -1.04. The zero-order chi connectivity index (χ0) is 24.9. The molecule has 0 spiro atoms. The molecule has 0 saturated carbocycles. The number of alkyl carbamates (subject to hydrolysis) is 1. The Bertz CT molecular complexity index is 1010. The van der Waals surface area contributed by atoms with Gasteiger partial charge in [-0.2, -0.15) is 0 Å². The number of nitrogens with one attached hydrogen (secondary N) is 1. The van der Waals surface area contributed by atoms with E-state index in [1.807, 2.05) is 0 Å². The van der Waals surface area contributed by atoms with Crippen LogP contribution >= 0.6 is 0 Å². The van der Waals surface area contributed by atoms with Gasteiger partial charge in [0.1, 0.15) is 22.9 Å². The third-order valence-corrected chi connectivity index (χ3v) is 4.84. The summed E-state index contributed by atoms with van der Waals surface area (Å²) in [7, 11) is 1.50. The van der Waals surface area contributed by atoms with Crippen LogP contribution in [0.15, 0.2) is 24.3 Å². The molecular formula is C25H32FNO6. The Morgan fingerprint density at radius 2 is 1.79 bits per heavy atom. The van der Waals surface area contributed by atoms with Crippen molar-refractivity contribution in [2.45, 2.75) is 59.6 Å². The van der Waals surface area contributed by atoms with Crippen molar-refractivity contribution in [1.82, 2.24) is 5.32 Å². The molecule has 2 N–H and O–H groups in total. The maximum atomic E-state index is 15.3. The fourth-order valence-corrected chi connectivity index (χ4v) is 3.50. The average molecular weight is 462 g/mol. The number of aryl methyl sites for hydroxylation is 2. The highest BCUT2D eigenvalue weighted by Gasteiger charge is 2.27. The van der Waals surface area contributed by atoms with Crippen molar-refractivity contribution in [2.24, 2.45) is 0 Å². The van der Waals surface area contributed by atoms with Crippen molar-refractivity contribution in [3.05, 3.63) is 46.8 Å². The highest BCUT2D eigenvalue weighted by molar-refractivity contribution is 5.77. The summed E-state index contributed by atoms with van der Waals surface area (Å²) in [5.74, 6) is -0.718. The summed E-state index contributed by atoms with van der Waals surface area (Å²) in [6, 6.07) is 5.29. The van der Waals surface area contributed by atoms with E-state index in [-0.39, 0.29) is 29.9 Å². The molecule has 1 atom stereocenters. The molecule has 33 heavy (non-hydrogen) atoms. The third kappa shape index (κ3) is 6.84. The molecule has 7 nitrogen and oxygen atoms in total. The van der Waals surface area contributed by atoms with E-state index in [0.29, 0.717) is 22.4 Å². The van der Waals surface area contributed by atoms with Gasteiger partial charge in [-0.3, -0.25) is 4.79 Å². The average Bonchev–Trinajstić information content (AvgIpc) is 2.68. The maximum absolute atomic E-state index is 15.3.